The number of anilines is 1. The van der Waals surface area contributed by atoms with Crippen molar-refractivity contribution in [1.82, 2.24) is 34.5 Å². The molecule has 29 heavy (non-hydrogen) atoms. The van der Waals surface area contributed by atoms with Crippen molar-refractivity contribution in [3.8, 4) is 5.82 Å². The standard InChI is InChI=1S/C18H24N8O2S/c1-12-11-13(2)26(23-12)17-6-5-16(21-22-17)24-7-9-25(10-8-24)29(27,28)18-14(3)19-20-15(18)4/h5-6,11H,7-10H2,1-4H3,(H,19,20). The number of nitrogens with zero attached hydrogens (tertiary/aromatic N) is 7. The van der Waals surface area contributed by atoms with Crippen LogP contribution in [0.3, 0.4) is 0 Å². The number of sulfonamides is 1. The van der Waals surface area contributed by atoms with Crippen LogP contribution in [0.5, 0.6) is 0 Å². The van der Waals surface area contributed by atoms with Crippen molar-refractivity contribution < 1.29 is 8.42 Å². The van der Waals surface area contributed by atoms with Crippen LogP contribution >= 0.6 is 0 Å². The molecule has 0 saturated carbocycles. The molecule has 0 atom stereocenters. The van der Waals surface area contributed by atoms with Gasteiger partial charge in [-0.25, -0.2) is 13.1 Å². The van der Waals surface area contributed by atoms with Gasteiger partial charge in [0.05, 0.1) is 17.1 Å². The van der Waals surface area contributed by atoms with Crippen LogP contribution < -0.4 is 4.90 Å². The largest absolute Gasteiger partial charge is 0.352 e. The fourth-order valence-electron chi connectivity index (χ4n) is 3.67. The summed E-state index contributed by atoms with van der Waals surface area (Å²) in [6.07, 6.45) is 0. The summed E-state index contributed by atoms with van der Waals surface area (Å²) in [4.78, 5) is 2.32. The van der Waals surface area contributed by atoms with E-state index in [1.54, 1.807) is 18.5 Å². The number of aromatic amines is 1. The summed E-state index contributed by atoms with van der Waals surface area (Å²) in [7, 11) is -3.57. The number of hydrogen-bond donors (Lipinski definition) is 1. The predicted octanol–water partition coefficient (Wildman–Crippen LogP) is 1.13. The van der Waals surface area contributed by atoms with Gasteiger partial charge in [-0.05, 0) is 45.9 Å². The molecule has 0 aromatic carbocycles. The van der Waals surface area contributed by atoms with E-state index in [-0.39, 0.29) is 4.90 Å². The summed E-state index contributed by atoms with van der Waals surface area (Å²) in [5, 5.41) is 19.8. The maximum Gasteiger partial charge on any atom is 0.246 e. The van der Waals surface area contributed by atoms with E-state index >= 15 is 0 Å². The summed E-state index contributed by atoms with van der Waals surface area (Å²) >= 11 is 0. The molecule has 154 valence electrons. The van der Waals surface area contributed by atoms with E-state index in [1.807, 2.05) is 36.9 Å². The first-order valence-electron chi connectivity index (χ1n) is 9.41. The molecule has 1 saturated heterocycles. The van der Waals surface area contributed by atoms with E-state index in [2.05, 4.69) is 25.5 Å². The fraction of sp³-hybridized carbons (Fsp3) is 0.444. The first-order chi connectivity index (χ1) is 13.8. The Morgan fingerprint density at radius 3 is 2.14 bits per heavy atom. The van der Waals surface area contributed by atoms with Gasteiger partial charge in [0.15, 0.2) is 11.6 Å². The van der Waals surface area contributed by atoms with Crippen LogP contribution in [0.4, 0.5) is 5.82 Å². The molecule has 1 aliphatic heterocycles. The zero-order valence-corrected chi connectivity index (χ0v) is 17.7. The van der Waals surface area contributed by atoms with Gasteiger partial charge in [-0.3, -0.25) is 5.10 Å². The Hall–Kier alpha value is -2.79. The Balaban J connectivity index is 1.47. The average molecular weight is 417 g/mol. The van der Waals surface area contributed by atoms with Crippen molar-refractivity contribution in [2.24, 2.45) is 0 Å². The van der Waals surface area contributed by atoms with Gasteiger partial charge in [0.25, 0.3) is 0 Å². The zero-order chi connectivity index (χ0) is 20.8. The van der Waals surface area contributed by atoms with Crippen molar-refractivity contribution >= 4 is 15.8 Å². The van der Waals surface area contributed by atoms with Crippen LogP contribution in [0.25, 0.3) is 5.82 Å². The molecule has 4 rings (SSSR count). The second-order valence-electron chi connectivity index (χ2n) is 7.24. The molecule has 1 fully saturated rings. The number of aryl methyl sites for hydroxylation is 4. The number of nitrogens with one attached hydrogen (secondary N) is 1. The fourth-order valence-corrected chi connectivity index (χ4v) is 5.42. The normalized spacial score (nSPS) is 15.8. The van der Waals surface area contributed by atoms with E-state index in [0.29, 0.717) is 43.4 Å². The molecule has 10 nitrogen and oxygen atoms in total. The van der Waals surface area contributed by atoms with E-state index < -0.39 is 10.0 Å². The van der Waals surface area contributed by atoms with Crippen LogP contribution in [0, 0.1) is 27.7 Å². The van der Waals surface area contributed by atoms with Gasteiger partial charge in [-0.2, -0.15) is 14.5 Å². The highest BCUT2D eigenvalue weighted by Crippen LogP contribution is 2.24. The molecule has 0 amide bonds. The first kappa shape index (κ1) is 19.5. The Labute approximate surface area is 169 Å². The summed E-state index contributed by atoms with van der Waals surface area (Å²) < 4.78 is 29.2. The number of piperazine rings is 1. The Morgan fingerprint density at radius 1 is 0.966 bits per heavy atom. The lowest BCUT2D eigenvalue weighted by Crippen LogP contribution is -2.49. The van der Waals surface area contributed by atoms with Gasteiger partial charge < -0.3 is 4.90 Å². The SMILES string of the molecule is Cc1cc(C)n(-c2ccc(N3CCN(S(=O)(=O)c4c(C)n[nH]c4C)CC3)nn2)n1. The maximum atomic E-state index is 13.0. The Kier molecular flexibility index (Phi) is 4.87. The van der Waals surface area contributed by atoms with E-state index in [0.717, 1.165) is 17.2 Å². The third-order valence-corrected chi connectivity index (χ3v) is 7.25. The highest BCUT2D eigenvalue weighted by atomic mass is 32.2. The molecule has 0 bridgehead atoms. The highest BCUT2D eigenvalue weighted by Gasteiger charge is 2.32. The van der Waals surface area contributed by atoms with Crippen molar-refractivity contribution in [1.29, 1.82) is 0 Å². The lowest BCUT2D eigenvalue weighted by molar-refractivity contribution is 0.383. The quantitative estimate of drug-likeness (QED) is 0.678. The molecule has 4 heterocycles. The van der Waals surface area contributed by atoms with Gasteiger partial charge >= 0.3 is 0 Å². The molecular weight excluding hydrogens is 392 g/mol. The van der Waals surface area contributed by atoms with Crippen LogP contribution in [-0.2, 0) is 10.0 Å². The van der Waals surface area contributed by atoms with Gasteiger partial charge in [-0.1, -0.05) is 0 Å². The minimum Gasteiger partial charge on any atom is -0.352 e. The van der Waals surface area contributed by atoms with Crippen molar-refractivity contribution in [2.45, 2.75) is 32.6 Å². The van der Waals surface area contributed by atoms with Gasteiger partial charge in [0.2, 0.25) is 10.0 Å². The lowest BCUT2D eigenvalue weighted by Gasteiger charge is -2.34. The second-order valence-corrected chi connectivity index (χ2v) is 9.12. The zero-order valence-electron chi connectivity index (χ0n) is 16.9. The Bertz CT molecular complexity index is 1110. The molecule has 11 heteroatoms. The Morgan fingerprint density at radius 2 is 1.62 bits per heavy atom. The van der Waals surface area contributed by atoms with E-state index in [1.165, 1.54) is 4.31 Å². The minimum atomic E-state index is -3.57. The number of hydrogen-bond acceptors (Lipinski definition) is 7. The highest BCUT2D eigenvalue weighted by molar-refractivity contribution is 7.89. The van der Waals surface area contributed by atoms with E-state index in [4.69, 9.17) is 0 Å². The lowest BCUT2D eigenvalue weighted by atomic mass is 10.3. The molecule has 3 aromatic heterocycles. The molecule has 0 radical (unpaired) electrons. The van der Waals surface area contributed by atoms with Crippen LogP contribution in [-0.4, -0.2) is 69.1 Å². The molecule has 0 spiro atoms. The molecule has 1 N–H and O–H groups in total. The minimum absolute atomic E-state index is 0.278. The number of rotatable bonds is 4. The summed E-state index contributed by atoms with van der Waals surface area (Å²) in [6.45, 7) is 9.19. The third-order valence-electron chi connectivity index (χ3n) is 5.08. The third kappa shape index (κ3) is 3.51. The van der Waals surface area contributed by atoms with Crippen LogP contribution in [0.1, 0.15) is 22.8 Å². The first-order valence-corrected chi connectivity index (χ1v) is 10.9. The van der Waals surface area contributed by atoms with E-state index in [9.17, 15) is 8.42 Å². The van der Waals surface area contributed by atoms with Crippen LogP contribution in [0.15, 0.2) is 23.1 Å². The summed E-state index contributed by atoms with van der Waals surface area (Å²) in [5.74, 6) is 1.38. The van der Waals surface area contributed by atoms with Crippen molar-refractivity contribution in [3.63, 3.8) is 0 Å². The molecule has 3 aromatic rings. The maximum absolute atomic E-state index is 13.0. The second kappa shape index (κ2) is 7.23. The molecular formula is C18H24N8O2S. The topological polar surface area (TPSA) is 113 Å². The van der Waals surface area contributed by atoms with Gasteiger partial charge in [0, 0.05) is 31.9 Å². The van der Waals surface area contributed by atoms with Crippen molar-refractivity contribution in [3.05, 3.63) is 41.0 Å². The predicted molar refractivity (Wildman–Crippen MR) is 108 cm³/mol. The smallest absolute Gasteiger partial charge is 0.246 e. The average Bonchev–Trinajstić information content (AvgIpc) is 3.22. The summed E-state index contributed by atoms with van der Waals surface area (Å²) in [5.41, 5.74) is 2.98. The molecule has 0 unspecified atom stereocenters. The monoisotopic (exact) mass is 416 g/mol. The molecule has 0 aliphatic carbocycles. The van der Waals surface area contributed by atoms with Crippen LogP contribution in [0.2, 0.25) is 0 Å². The summed E-state index contributed by atoms with van der Waals surface area (Å²) in [6, 6.07) is 5.76. The van der Waals surface area contributed by atoms with Crippen molar-refractivity contribution in [2.75, 3.05) is 31.1 Å². The van der Waals surface area contributed by atoms with Gasteiger partial charge in [0.1, 0.15) is 4.90 Å². The number of H-pyrrole nitrogens is 1. The molecule has 1 aliphatic rings. The number of aromatic nitrogens is 6. The van der Waals surface area contributed by atoms with Gasteiger partial charge in [-0.15, -0.1) is 10.2 Å².